The predicted molar refractivity (Wildman–Crippen MR) is 80.6 cm³/mol. The van der Waals surface area contributed by atoms with E-state index in [0.717, 1.165) is 38.0 Å². The molecule has 6 heteroatoms. The molecule has 104 valence electrons. The molecule has 0 amide bonds. The molecule has 2 heterocycles. The number of hydrogen-bond donors (Lipinski definition) is 1. The SMILES string of the molecule is NC(=S)CCCCn1ncc(N2CCCC2)cc1=O. The van der Waals surface area contributed by atoms with E-state index < -0.39 is 0 Å². The molecule has 0 aromatic carbocycles. The average Bonchev–Trinajstić information content (AvgIpc) is 2.89. The van der Waals surface area contributed by atoms with Gasteiger partial charge >= 0.3 is 0 Å². The molecule has 0 unspecified atom stereocenters. The number of thiocarbonyl (C=S) groups is 1. The Labute approximate surface area is 118 Å². The van der Waals surface area contributed by atoms with E-state index in [2.05, 4.69) is 10.00 Å². The van der Waals surface area contributed by atoms with Gasteiger partial charge in [-0.05, 0) is 32.1 Å². The van der Waals surface area contributed by atoms with Gasteiger partial charge < -0.3 is 10.6 Å². The molecule has 0 atom stereocenters. The zero-order chi connectivity index (χ0) is 13.7. The van der Waals surface area contributed by atoms with Crippen LogP contribution in [0.2, 0.25) is 0 Å². The standard InChI is InChI=1S/C13H20N4OS/c14-12(19)5-1-2-8-17-13(18)9-11(10-15-17)16-6-3-4-7-16/h9-10H,1-8H2,(H2,14,19). The third-order valence-electron chi connectivity index (χ3n) is 3.37. The van der Waals surface area contributed by atoms with E-state index in [4.69, 9.17) is 18.0 Å². The van der Waals surface area contributed by atoms with E-state index in [1.807, 2.05) is 0 Å². The molecule has 0 saturated carbocycles. The first-order valence-corrected chi connectivity index (χ1v) is 7.18. The Morgan fingerprint density at radius 1 is 1.37 bits per heavy atom. The third-order valence-corrected chi connectivity index (χ3v) is 3.57. The molecule has 0 bridgehead atoms. The number of aryl methyl sites for hydroxylation is 1. The minimum absolute atomic E-state index is 0.0280. The molecule has 1 aromatic rings. The highest BCUT2D eigenvalue weighted by molar-refractivity contribution is 7.80. The molecule has 0 aliphatic carbocycles. The van der Waals surface area contributed by atoms with Crippen LogP contribution in [0.4, 0.5) is 5.69 Å². The Morgan fingerprint density at radius 2 is 2.11 bits per heavy atom. The number of rotatable bonds is 6. The Bertz CT molecular complexity index is 494. The van der Waals surface area contributed by atoms with Gasteiger partial charge in [-0.15, -0.1) is 0 Å². The molecule has 0 spiro atoms. The van der Waals surface area contributed by atoms with E-state index in [0.29, 0.717) is 11.5 Å². The van der Waals surface area contributed by atoms with Crippen LogP contribution in [-0.2, 0) is 6.54 Å². The molecular weight excluding hydrogens is 260 g/mol. The van der Waals surface area contributed by atoms with Crippen LogP contribution in [0.15, 0.2) is 17.1 Å². The number of anilines is 1. The lowest BCUT2D eigenvalue weighted by molar-refractivity contribution is 0.536. The van der Waals surface area contributed by atoms with Crippen molar-refractivity contribution in [3.63, 3.8) is 0 Å². The average molecular weight is 280 g/mol. The largest absolute Gasteiger partial charge is 0.393 e. The van der Waals surface area contributed by atoms with Gasteiger partial charge in [0, 0.05) is 25.7 Å². The van der Waals surface area contributed by atoms with Gasteiger partial charge in [0.25, 0.3) is 5.56 Å². The van der Waals surface area contributed by atoms with Crippen molar-refractivity contribution in [1.29, 1.82) is 0 Å². The van der Waals surface area contributed by atoms with E-state index in [9.17, 15) is 4.79 Å². The second kappa shape index (κ2) is 6.65. The summed E-state index contributed by atoms with van der Waals surface area (Å²) in [5.74, 6) is 0. The summed E-state index contributed by atoms with van der Waals surface area (Å²) in [5, 5.41) is 4.24. The van der Waals surface area contributed by atoms with Gasteiger partial charge in [0.05, 0.1) is 16.9 Å². The lowest BCUT2D eigenvalue weighted by Crippen LogP contribution is -2.26. The first kappa shape index (κ1) is 14.0. The summed E-state index contributed by atoms with van der Waals surface area (Å²) in [6.07, 6.45) is 6.69. The maximum atomic E-state index is 11.9. The van der Waals surface area contributed by atoms with Crippen LogP contribution >= 0.6 is 12.2 Å². The van der Waals surface area contributed by atoms with Gasteiger partial charge in [-0.25, -0.2) is 4.68 Å². The molecule has 19 heavy (non-hydrogen) atoms. The normalized spacial score (nSPS) is 14.8. The molecule has 2 rings (SSSR count). The molecule has 5 nitrogen and oxygen atoms in total. The summed E-state index contributed by atoms with van der Waals surface area (Å²) in [6, 6.07) is 1.69. The number of nitrogens with two attached hydrogens (primary N) is 1. The Balaban J connectivity index is 1.91. The fraction of sp³-hybridized carbons (Fsp3) is 0.615. The maximum absolute atomic E-state index is 11.9. The monoisotopic (exact) mass is 280 g/mol. The van der Waals surface area contributed by atoms with E-state index >= 15 is 0 Å². The van der Waals surface area contributed by atoms with Crippen molar-refractivity contribution >= 4 is 22.9 Å². The minimum atomic E-state index is -0.0280. The van der Waals surface area contributed by atoms with Crippen LogP contribution < -0.4 is 16.2 Å². The van der Waals surface area contributed by atoms with Crippen molar-refractivity contribution < 1.29 is 0 Å². The van der Waals surface area contributed by atoms with Crippen LogP contribution in [-0.4, -0.2) is 27.9 Å². The number of aromatic nitrogens is 2. The molecule has 1 aliphatic heterocycles. The highest BCUT2D eigenvalue weighted by atomic mass is 32.1. The van der Waals surface area contributed by atoms with Gasteiger partial charge in [-0.1, -0.05) is 12.2 Å². The van der Waals surface area contributed by atoms with Crippen LogP contribution in [0, 0.1) is 0 Å². The van der Waals surface area contributed by atoms with Crippen LogP contribution in [0.5, 0.6) is 0 Å². The smallest absolute Gasteiger partial charge is 0.268 e. The first-order valence-electron chi connectivity index (χ1n) is 6.77. The van der Waals surface area contributed by atoms with Crippen molar-refractivity contribution in [3.05, 3.63) is 22.6 Å². The molecule has 1 fully saturated rings. The lowest BCUT2D eigenvalue weighted by atomic mass is 10.2. The molecular formula is C13H20N4OS. The Kier molecular flexibility index (Phi) is 4.90. The summed E-state index contributed by atoms with van der Waals surface area (Å²) in [7, 11) is 0. The van der Waals surface area contributed by atoms with Crippen LogP contribution in [0.3, 0.4) is 0 Å². The van der Waals surface area contributed by atoms with Crippen molar-refractivity contribution in [2.45, 2.75) is 38.6 Å². The molecule has 1 aromatic heterocycles. The summed E-state index contributed by atoms with van der Waals surface area (Å²) in [4.78, 5) is 14.7. The summed E-state index contributed by atoms with van der Waals surface area (Å²) < 4.78 is 1.51. The van der Waals surface area contributed by atoms with Gasteiger partial charge in [-0.2, -0.15) is 5.10 Å². The third kappa shape index (κ3) is 4.02. The van der Waals surface area contributed by atoms with E-state index in [1.165, 1.54) is 17.5 Å². The van der Waals surface area contributed by atoms with Crippen molar-refractivity contribution in [2.75, 3.05) is 18.0 Å². The maximum Gasteiger partial charge on any atom is 0.268 e. The quantitative estimate of drug-likeness (QED) is 0.628. The van der Waals surface area contributed by atoms with Gasteiger partial charge in [0.15, 0.2) is 0 Å². The fourth-order valence-electron chi connectivity index (χ4n) is 2.30. The number of nitrogens with zero attached hydrogens (tertiary/aromatic N) is 3. The van der Waals surface area contributed by atoms with Gasteiger partial charge in [0.2, 0.25) is 0 Å². The van der Waals surface area contributed by atoms with E-state index in [1.54, 1.807) is 12.3 Å². The minimum Gasteiger partial charge on any atom is -0.393 e. The topological polar surface area (TPSA) is 64.2 Å². The summed E-state index contributed by atoms with van der Waals surface area (Å²) in [5.41, 5.74) is 6.35. The lowest BCUT2D eigenvalue weighted by Gasteiger charge is -2.17. The van der Waals surface area contributed by atoms with Gasteiger partial charge in [-0.3, -0.25) is 4.79 Å². The summed E-state index contributed by atoms with van der Waals surface area (Å²) >= 11 is 4.82. The highest BCUT2D eigenvalue weighted by Gasteiger charge is 2.13. The number of unbranched alkanes of at least 4 members (excludes halogenated alkanes) is 1. The van der Waals surface area contributed by atoms with Crippen LogP contribution in [0.1, 0.15) is 32.1 Å². The number of hydrogen-bond acceptors (Lipinski definition) is 4. The van der Waals surface area contributed by atoms with Gasteiger partial charge in [0.1, 0.15) is 0 Å². The zero-order valence-electron chi connectivity index (χ0n) is 11.0. The first-order chi connectivity index (χ1) is 9.16. The molecule has 2 N–H and O–H groups in total. The van der Waals surface area contributed by atoms with Crippen molar-refractivity contribution in [1.82, 2.24) is 9.78 Å². The fourth-order valence-corrected chi connectivity index (χ4v) is 2.45. The Morgan fingerprint density at radius 3 is 2.74 bits per heavy atom. The summed E-state index contributed by atoms with van der Waals surface area (Å²) in [6.45, 7) is 2.68. The molecule has 1 saturated heterocycles. The highest BCUT2D eigenvalue weighted by Crippen LogP contribution is 2.16. The van der Waals surface area contributed by atoms with Crippen molar-refractivity contribution in [2.24, 2.45) is 5.73 Å². The molecule has 1 aliphatic rings. The molecule has 0 radical (unpaired) electrons. The Hall–Kier alpha value is -1.43. The van der Waals surface area contributed by atoms with Crippen LogP contribution in [0.25, 0.3) is 0 Å². The second-order valence-electron chi connectivity index (χ2n) is 4.89. The second-order valence-corrected chi connectivity index (χ2v) is 5.42. The van der Waals surface area contributed by atoms with E-state index in [-0.39, 0.29) is 5.56 Å². The van der Waals surface area contributed by atoms with Crippen molar-refractivity contribution in [3.8, 4) is 0 Å². The zero-order valence-corrected chi connectivity index (χ0v) is 11.9. The predicted octanol–water partition coefficient (Wildman–Crippen LogP) is 1.30.